The molecule has 1 atom stereocenters. The molecule has 5 heteroatoms. The first kappa shape index (κ1) is 21.9. The molecule has 1 saturated heterocycles. The van der Waals surface area contributed by atoms with E-state index in [-0.39, 0.29) is 17.7 Å². The monoisotopic (exact) mass is 408 g/mol. The molecule has 3 rings (SSSR count). The Bertz CT molecular complexity index is 842. The highest BCUT2D eigenvalue weighted by Crippen LogP contribution is 2.21. The average molecular weight is 409 g/mol. The maximum absolute atomic E-state index is 13.1. The fraction of sp³-hybridized carbons (Fsp3) is 0.440. The topological polar surface area (TPSA) is 58.6 Å². The number of ether oxygens (including phenoxy) is 1. The van der Waals surface area contributed by atoms with E-state index < -0.39 is 6.04 Å². The van der Waals surface area contributed by atoms with Crippen LogP contribution in [0.25, 0.3) is 0 Å². The minimum absolute atomic E-state index is 0.00781. The fourth-order valence-electron chi connectivity index (χ4n) is 3.77. The Morgan fingerprint density at radius 1 is 1.07 bits per heavy atom. The maximum Gasteiger partial charge on any atom is 0.251 e. The van der Waals surface area contributed by atoms with Gasteiger partial charge in [0.15, 0.2) is 0 Å². The van der Waals surface area contributed by atoms with Gasteiger partial charge in [0.05, 0.1) is 6.61 Å². The van der Waals surface area contributed by atoms with Crippen LogP contribution >= 0.6 is 0 Å². The van der Waals surface area contributed by atoms with Crippen molar-refractivity contribution in [1.82, 2.24) is 10.2 Å². The first-order valence-electron chi connectivity index (χ1n) is 10.8. The van der Waals surface area contributed by atoms with Crippen molar-refractivity contribution in [3.05, 3.63) is 65.7 Å². The summed E-state index contributed by atoms with van der Waals surface area (Å²) in [6.45, 7) is 7.96. The standard InChI is InChI=1S/C25H32N2O3/c1-18(2)23(26-24(28)21-9-7-8-19(3)16-21)25(29)27-14-12-20(13-15-27)17-30-22-10-5-4-6-11-22/h4-11,16,18,20,23H,12-15,17H2,1-3H3,(H,26,28). The molecule has 30 heavy (non-hydrogen) atoms. The van der Waals surface area contributed by atoms with Gasteiger partial charge in [-0.25, -0.2) is 0 Å². The molecule has 2 aromatic rings. The summed E-state index contributed by atoms with van der Waals surface area (Å²) in [5.41, 5.74) is 1.61. The molecule has 0 aromatic heterocycles. The summed E-state index contributed by atoms with van der Waals surface area (Å²) in [5.74, 6) is 1.15. The van der Waals surface area contributed by atoms with Crippen molar-refractivity contribution in [2.75, 3.05) is 19.7 Å². The molecule has 0 spiro atoms. The Kier molecular flexibility index (Phi) is 7.50. The fourth-order valence-corrected chi connectivity index (χ4v) is 3.77. The predicted octanol–water partition coefficient (Wildman–Crippen LogP) is 4.07. The number of rotatable bonds is 7. The highest BCUT2D eigenvalue weighted by Gasteiger charge is 2.31. The number of carbonyl (C=O) groups excluding carboxylic acids is 2. The highest BCUT2D eigenvalue weighted by molar-refractivity contribution is 5.97. The van der Waals surface area contributed by atoms with Crippen molar-refractivity contribution >= 4 is 11.8 Å². The van der Waals surface area contributed by atoms with Crippen LogP contribution < -0.4 is 10.1 Å². The molecular formula is C25H32N2O3. The lowest BCUT2D eigenvalue weighted by molar-refractivity contribution is -0.135. The molecule has 1 N–H and O–H groups in total. The summed E-state index contributed by atoms with van der Waals surface area (Å²) in [7, 11) is 0. The second-order valence-electron chi connectivity index (χ2n) is 8.46. The number of para-hydroxylation sites is 1. The Balaban J connectivity index is 1.53. The summed E-state index contributed by atoms with van der Waals surface area (Å²) in [4.78, 5) is 27.7. The summed E-state index contributed by atoms with van der Waals surface area (Å²) < 4.78 is 5.88. The van der Waals surface area contributed by atoms with Crippen LogP contribution in [0.2, 0.25) is 0 Å². The van der Waals surface area contributed by atoms with Crippen LogP contribution in [-0.4, -0.2) is 42.5 Å². The molecule has 0 aliphatic carbocycles. The van der Waals surface area contributed by atoms with Crippen molar-refractivity contribution in [2.45, 2.75) is 39.7 Å². The zero-order valence-electron chi connectivity index (χ0n) is 18.1. The van der Waals surface area contributed by atoms with Gasteiger partial charge in [0.2, 0.25) is 5.91 Å². The van der Waals surface area contributed by atoms with Gasteiger partial charge in [-0.1, -0.05) is 49.7 Å². The van der Waals surface area contributed by atoms with Crippen LogP contribution in [0.1, 0.15) is 42.6 Å². The molecule has 5 nitrogen and oxygen atoms in total. The highest BCUT2D eigenvalue weighted by atomic mass is 16.5. The van der Waals surface area contributed by atoms with Crippen molar-refractivity contribution in [1.29, 1.82) is 0 Å². The van der Waals surface area contributed by atoms with Crippen LogP contribution in [0.5, 0.6) is 5.75 Å². The van der Waals surface area contributed by atoms with Crippen LogP contribution in [0.3, 0.4) is 0 Å². The molecule has 160 valence electrons. The first-order valence-corrected chi connectivity index (χ1v) is 10.8. The third kappa shape index (κ3) is 5.85. The van der Waals surface area contributed by atoms with Crippen molar-refractivity contribution in [3.8, 4) is 5.75 Å². The summed E-state index contributed by atoms with van der Waals surface area (Å²) in [6.07, 6.45) is 1.82. The molecule has 2 amide bonds. The first-order chi connectivity index (χ1) is 14.4. The Labute approximate surface area is 179 Å². The summed E-state index contributed by atoms with van der Waals surface area (Å²) in [6, 6.07) is 16.7. The number of piperidine rings is 1. The smallest absolute Gasteiger partial charge is 0.251 e. The molecule has 2 aromatic carbocycles. The largest absolute Gasteiger partial charge is 0.493 e. The van der Waals surface area contributed by atoms with E-state index in [1.165, 1.54) is 0 Å². The second kappa shape index (κ2) is 10.3. The maximum atomic E-state index is 13.1. The zero-order chi connectivity index (χ0) is 21.5. The van der Waals surface area contributed by atoms with Crippen LogP contribution in [-0.2, 0) is 4.79 Å². The van der Waals surface area contributed by atoms with Crippen LogP contribution in [0.4, 0.5) is 0 Å². The van der Waals surface area contributed by atoms with Gasteiger partial charge in [-0.05, 0) is 55.9 Å². The number of amides is 2. The van der Waals surface area contributed by atoms with Gasteiger partial charge in [0.1, 0.15) is 11.8 Å². The third-order valence-corrected chi connectivity index (χ3v) is 5.65. The number of hydrogen-bond acceptors (Lipinski definition) is 3. The average Bonchev–Trinajstić information content (AvgIpc) is 2.76. The minimum Gasteiger partial charge on any atom is -0.493 e. The molecule has 0 saturated carbocycles. The van der Waals surface area contributed by atoms with Crippen molar-refractivity contribution in [2.24, 2.45) is 11.8 Å². The number of likely N-dealkylation sites (tertiary alicyclic amines) is 1. The normalized spacial score (nSPS) is 15.7. The summed E-state index contributed by atoms with van der Waals surface area (Å²) >= 11 is 0. The van der Waals surface area contributed by atoms with E-state index in [0.29, 0.717) is 31.2 Å². The minimum atomic E-state index is -0.518. The molecule has 1 aliphatic rings. The summed E-state index contributed by atoms with van der Waals surface area (Å²) in [5, 5.41) is 2.96. The van der Waals surface area contributed by atoms with Crippen molar-refractivity contribution in [3.63, 3.8) is 0 Å². The molecule has 1 aliphatic heterocycles. The van der Waals surface area contributed by atoms with Gasteiger partial charge < -0.3 is 15.0 Å². The number of hydrogen-bond donors (Lipinski definition) is 1. The molecule has 1 fully saturated rings. The number of nitrogens with zero attached hydrogens (tertiary/aromatic N) is 1. The number of benzene rings is 2. The van der Waals surface area contributed by atoms with E-state index in [9.17, 15) is 9.59 Å². The molecule has 1 heterocycles. The van der Waals surface area contributed by atoms with Gasteiger partial charge in [0, 0.05) is 18.7 Å². The quantitative estimate of drug-likeness (QED) is 0.751. The lowest BCUT2D eigenvalue weighted by atomic mass is 9.95. The number of aryl methyl sites for hydroxylation is 1. The Hall–Kier alpha value is -2.82. The Morgan fingerprint density at radius 2 is 1.77 bits per heavy atom. The van der Waals surface area contributed by atoms with E-state index in [2.05, 4.69) is 5.32 Å². The van der Waals surface area contributed by atoms with Gasteiger partial charge >= 0.3 is 0 Å². The van der Waals surface area contributed by atoms with Gasteiger partial charge in [0.25, 0.3) is 5.91 Å². The lowest BCUT2D eigenvalue weighted by Crippen LogP contribution is -2.53. The predicted molar refractivity (Wildman–Crippen MR) is 119 cm³/mol. The molecular weight excluding hydrogens is 376 g/mol. The SMILES string of the molecule is Cc1cccc(C(=O)NC(C(=O)N2CCC(COc3ccccc3)CC2)C(C)C)c1. The lowest BCUT2D eigenvalue weighted by Gasteiger charge is -2.35. The molecule has 1 unspecified atom stereocenters. The van der Waals surface area contributed by atoms with E-state index in [1.54, 1.807) is 6.07 Å². The van der Waals surface area contributed by atoms with Crippen molar-refractivity contribution < 1.29 is 14.3 Å². The van der Waals surface area contributed by atoms with E-state index in [0.717, 1.165) is 24.2 Å². The van der Waals surface area contributed by atoms with Crippen LogP contribution in [0.15, 0.2) is 54.6 Å². The van der Waals surface area contributed by atoms with Crippen LogP contribution in [0, 0.1) is 18.8 Å². The molecule has 0 radical (unpaired) electrons. The van der Waals surface area contributed by atoms with E-state index in [4.69, 9.17) is 4.74 Å². The van der Waals surface area contributed by atoms with Gasteiger partial charge in [-0.2, -0.15) is 0 Å². The molecule has 0 bridgehead atoms. The van der Waals surface area contributed by atoms with Gasteiger partial charge in [-0.15, -0.1) is 0 Å². The second-order valence-corrected chi connectivity index (χ2v) is 8.46. The number of nitrogens with one attached hydrogen (secondary N) is 1. The third-order valence-electron chi connectivity index (χ3n) is 5.65. The Morgan fingerprint density at radius 3 is 2.40 bits per heavy atom. The number of carbonyl (C=O) groups is 2. The zero-order valence-corrected chi connectivity index (χ0v) is 18.1. The van der Waals surface area contributed by atoms with E-state index in [1.807, 2.05) is 74.2 Å². The van der Waals surface area contributed by atoms with E-state index >= 15 is 0 Å². The van der Waals surface area contributed by atoms with Gasteiger partial charge in [-0.3, -0.25) is 9.59 Å².